The van der Waals surface area contributed by atoms with Gasteiger partial charge >= 0.3 is 12.0 Å². The van der Waals surface area contributed by atoms with E-state index >= 15 is 0 Å². The predicted molar refractivity (Wildman–Crippen MR) is 82.3 cm³/mol. The lowest BCUT2D eigenvalue weighted by molar-refractivity contribution is 0.0697. The van der Waals surface area contributed by atoms with E-state index < -0.39 is 5.97 Å². The van der Waals surface area contributed by atoms with E-state index in [2.05, 4.69) is 26.1 Å². The van der Waals surface area contributed by atoms with Crippen molar-refractivity contribution in [1.82, 2.24) is 10.2 Å². The molecule has 0 saturated heterocycles. The minimum absolute atomic E-state index is 0.0521. The second-order valence-electron chi connectivity index (χ2n) is 6.24. The summed E-state index contributed by atoms with van der Waals surface area (Å²) in [7, 11) is 0. The molecule has 0 aliphatic heterocycles. The average Bonchev–Trinajstić information content (AvgIpc) is 2.41. The molecule has 0 saturated carbocycles. The molecule has 0 aromatic heterocycles. The molecule has 1 aromatic carbocycles. The first kappa shape index (κ1) is 17.0. The molecule has 116 valence electrons. The standard InChI is InChI=1S/C16H24N2O3/c1-5-18(11-16(2,3)4)15(21)17-10-12-6-8-13(9-7-12)14(19)20/h6-9H,5,10-11H2,1-4H3,(H,17,21)(H,19,20). The van der Waals surface area contributed by atoms with E-state index in [1.165, 1.54) is 12.1 Å². The van der Waals surface area contributed by atoms with Crippen molar-refractivity contribution < 1.29 is 14.7 Å². The van der Waals surface area contributed by atoms with Gasteiger partial charge in [-0.3, -0.25) is 0 Å². The maximum atomic E-state index is 12.1. The Hall–Kier alpha value is -2.04. The van der Waals surface area contributed by atoms with Crippen molar-refractivity contribution in [2.75, 3.05) is 13.1 Å². The van der Waals surface area contributed by atoms with E-state index in [1.807, 2.05) is 6.92 Å². The van der Waals surface area contributed by atoms with Crippen molar-refractivity contribution in [1.29, 1.82) is 0 Å². The number of carboxylic acids is 1. The van der Waals surface area contributed by atoms with Crippen LogP contribution >= 0.6 is 0 Å². The number of carbonyl (C=O) groups excluding carboxylic acids is 1. The molecular weight excluding hydrogens is 268 g/mol. The third kappa shape index (κ3) is 5.85. The van der Waals surface area contributed by atoms with Crippen LogP contribution < -0.4 is 5.32 Å². The smallest absolute Gasteiger partial charge is 0.335 e. The maximum Gasteiger partial charge on any atom is 0.335 e. The minimum Gasteiger partial charge on any atom is -0.478 e. The lowest BCUT2D eigenvalue weighted by Crippen LogP contribution is -2.43. The highest BCUT2D eigenvalue weighted by Crippen LogP contribution is 2.15. The Morgan fingerprint density at radius 3 is 2.19 bits per heavy atom. The topological polar surface area (TPSA) is 69.6 Å². The molecule has 0 aliphatic carbocycles. The van der Waals surface area contributed by atoms with Gasteiger partial charge in [0.1, 0.15) is 0 Å². The SMILES string of the molecule is CCN(CC(C)(C)C)C(=O)NCc1ccc(C(=O)O)cc1. The summed E-state index contributed by atoms with van der Waals surface area (Å²) in [6.07, 6.45) is 0. The van der Waals surface area contributed by atoms with Crippen LogP contribution in [0.3, 0.4) is 0 Å². The number of nitrogens with zero attached hydrogens (tertiary/aromatic N) is 1. The van der Waals surface area contributed by atoms with Gasteiger partial charge in [0.05, 0.1) is 5.56 Å². The Morgan fingerprint density at radius 1 is 1.19 bits per heavy atom. The number of hydrogen-bond acceptors (Lipinski definition) is 2. The molecule has 1 aromatic rings. The van der Waals surface area contributed by atoms with Gasteiger partial charge in [-0.25, -0.2) is 9.59 Å². The summed E-state index contributed by atoms with van der Waals surface area (Å²) in [5.74, 6) is -0.951. The van der Waals surface area contributed by atoms with Crippen LogP contribution in [-0.4, -0.2) is 35.1 Å². The molecule has 5 heteroatoms. The molecule has 0 unspecified atom stereocenters. The van der Waals surface area contributed by atoms with Crippen molar-refractivity contribution in [2.45, 2.75) is 34.2 Å². The van der Waals surface area contributed by atoms with E-state index in [9.17, 15) is 9.59 Å². The van der Waals surface area contributed by atoms with Crippen LogP contribution in [0.2, 0.25) is 0 Å². The number of benzene rings is 1. The van der Waals surface area contributed by atoms with E-state index in [1.54, 1.807) is 17.0 Å². The number of amides is 2. The van der Waals surface area contributed by atoms with E-state index in [0.29, 0.717) is 19.6 Å². The van der Waals surface area contributed by atoms with Crippen LogP contribution in [0, 0.1) is 5.41 Å². The molecule has 0 aliphatic rings. The van der Waals surface area contributed by atoms with Crippen molar-refractivity contribution in [3.8, 4) is 0 Å². The van der Waals surface area contributed by atoms with Gasteiger partial charge in [0, 0.05) is 19.6 Å². The normalized spacial score (nSPS) is 11.0. The van der Waals surface area contributed by atoms with Crippen LogP contribution in [0.5, 0.6) is 0 Å². The van der Waals surface area contributed by atoms with Crippen molar-refractivity contribution >= 4 is 12.0 Å². The Labute approximate surface area is 126 Å². The van der Waals surface area contributed by atoms with Crippen molar-refractivity contribution in [2.24, 2.45) is 5.41 Å². The highest BCUT2D eigenvalue weighted by atomic mass is 16.4. The highest BCUT2D eigenvalue weighted by molar-refractivity contribution is 5.87. The number of carboxylic acid groups (broad SMARTS) is 1. The number of aromatic carboxylic acids is 1. The van der Waals surface area contributed by atoms with Crippen molar-refractivity contribution in [3.63, 3.8) is 0 Å². The lowest BCUT2D eigenvalue weighted by Gasteiger charge is -2.29. The monoisotopic (exact) mass is 292 g/mol. The molecule has 0 bridgehead atoms. The second kappa shape index (κ2) is 7.11. The largest absolute Gasteiger partial charge is 0.478 e. The fourth-order valence-corrected chi connectivity index (χ4v) is 1.95. The van der Waals surface area contributed by atoms with Crippen LogP contribution in [0.15, 0.2) is 24.3 Å². The number of hydrogen-bond donors (Lipinski definition) is 2. The Bertz CT molecular complexity index is 489. The van der Waals surface area contributed by atoms with Gasteiger partial charge in [-0.05, 0) is 30.0 Å². The summed E-state index contributed by atoms with van der Waals surface area (Å²) in [5.41, 5.74) is 1.17. The van der Waals surface area contributed by atoms with E-state index in [-0.39, 0.29) is 17.0 Å². The highest BCUT2D eigenvalue weighted by Gasteiger charge is 2.19. The summed E-state index contributed by atoms with van der Waals surface area (Å²) >= 11 is 0. The zero-order chi connectivity index (χ0) is 16.0. The number of rotatable bonds is 5. The molecule has 1 rings (SSSR count). The molecular formula is C16H24N2O3. The van der Waals surface area contributed by atoms with Crippen LogP contribution in [-0.2, 0) is 6.54 Å². The summed E-state index contributed by atoms with van der Waals surface area (Å²) in [5, 5.41) is 11.7. The van der Waals surface area contributed by atoms with Gasteiger partial charge in [-0.2, -0.15) is 0 Å². The number of carbonyl (C=O) groups is 2. The average molecular weight is 292 g/mol. The molecule has 0 heterocycles. The summed E-state index contributed by atoms with van der Waals surface area (Å²) in [6, 6.07) is 6.40. The molecule has 0 fully saturated rings. The van der Waals surface area contributed by atoms with E-state index in [4.69, 9.17) is 5.11 Å². The molecule has 21 heavy (non-hydrogen) atoms. The molecule has 2 amide bonds. The van der Waals surface area contributed by atoms with Gasteiger partial charge in [0.15, 0.2) is 0 Å². The van der Waals surface area contributed by atoms with Crippen molar-refractivity contribution in [3.05, 3.63) is 35.4 Å². The molecule has 0 spiro atoms. The third-order valence-corrected chi connectivity index (χ3v) is 2.98. The first-order valence-electron chi connectivity index (χ1n) is 7.08. The Kier molecular flexibility index (Phi) is 5.76. The fourth-order valence-electron chi connectivity index (χ4n) is 1.95. The quantitative estimate of drug-likeness (QED) is 0.876. The van der Waals surface area contributed by atoms with Gasteiger partial charge < -0.3 is 15.3 Å². The van der Waals surface area contributed by atoms with E-state index in [0.717, 1.165) is 5.56 Å². The Morgan fingerprint density at radius 2 is 1.76 bits per heavy atom. The van der Waals surface area contributed by atoms with Gasteiger partial charge in [0.2, 0.25) is 0 Å². The molecule has 5 nitrogen and oxygen atoms in total. The number of nitrogens with one attached hydrogen (secondary N) is 1. The summed E-state index contributed by atoms with van der Waals surface area (Å²) in [6.45, 7) is 9.95. The van der Waals surface area contributed by atoms with Crippen LogP contribution in [0.1, 0.15) is 43.6 Å². The maximum absolute atomic E-state index is 12.1. The summed E-state index contributed by atoms with van der Waals surface area (Å²) < 4.78 is 0. The molecule has 2 N–H and O–H groups in total. The van der Waals surface area contributed by atoms with Crippen LogP contribution in [0.4, 0.5) is 4.79 Å². The second-order valence-corrected chi connectivity index (χ2v) is 6.24. The van der Waals surface area contributed by atoms with Gasteiger partial charge in [0.25, 0.3) is 0 Å². The zero-order valence-electron chi connectivity index (χ0n) is 13.1. The first-order chi connectivity index (χ1) is 9.73. The van der Waals surface area contributed by atoms with Gasteiger partial charge in [-0.15, -0.1) is 0 Å². The lowest BCUT2D eigenvalue weighted by atomic mass is 9.96. The molecule has 0 radical (unpaired) electrons. The van der Waals surface area contributed by atoms with Gasteiger partial charge in [-0.1, -0.05) is 32.9 Å². The fraction of sp³-hybridized carbons (Fsp3) is 0.500. The number of urea groups is 1. The first-order valence-corrected chi connectivity index (χ1v) is 7.08. The van der Waals surface area contributed by atoms with Crippen LogP contribution in [0.25, 0.3) is 0 Å². The Balaban J connectivity index is 2.57. The molecule has 0 atom stereocenters. The minimum atomic E-state index is -0.951. The third-order valence-electron chi connectivity index (χ3n) is 2.98. The zero-order valence-corrected chi connectivity index (χ0v) is 13.1. The predicted octanol–water partition coefficient (Wildman–Crippen LogP) is 2.96. The summed E-state index contributed by atoms with van der Waals surface area (Å²) in [4.78, 5) is 24.7.